The molecule has 0 aliphatic heterocycles. The maximum Gasteiger partial charge on any atom is 0.211 e. The maximum atomic E-state index is 5.28. The minimum Gasteiger partial charge on any atom is -0.369 e. The van der Waals surface area contributed by atoms with E-state index in [-0.39, 0.29) is 5.96 Å². The highest BCUT2D eigenvalue weighted by atomic mass is 32.1. The summed E-state index contributed by atoms with van der Waals surface area (Å²) in [7, 11) is 0. The summed E-state index contributed by atoms with van der Waals surface area (Å²) in [5.74, 6) is -0.0843. The first kappa shape index (κ1) is 13.3. The van der Waals surface area contributed by atoms with E-state index in [9.17, 15) is 0 Å². The van der Waals surface area contributed by atoms with Crippen LogP contribution in [0, 0.1) is 6.92 Å². The number of hydrogen-bond acceptors (Lipinski definition) is 5. The van der Waals surface area contributed by atoms with Gasteiger partial charge in [-0.15, -0.1) is 16.4 Å². The van der Waals surface area contributed by atoms with E-state index in [2.05, 4.69) is 20.2 Å². The normalized spacial score (nSPS) is 11.3. The molecule has 3 aromatic rings. The third-order valence-corrected chi connectivity index (χ3v) is 3.68. The molecule has 0 aliphatic rings. The summed E-state index contributed by atoms with van der Waals surface area (Å²) in [6.07, 6.45) is 7.06. The lowest BCUT2D eigenvalue weighted by atomic mass is 10.1. The summed E-state index contributed by atoms with van der Waals surface area (Å²) >= 11 is 1.61. The van der Waals surface area contributed by atoms with E-state index in [0.717, 1.165) is 26.8 Å². The van der Waals surface area contributed by atoms with Gasteiger partial charge >= 0.3 is 0 Å². The second kappa shape index (κ2) is 5.33. The Bertz CT molecular complexity index is 825. The van der Waals surface area contributed by atoms with Crippen molar-refractivity contribution in [2.45, 2.75) is 6.92 Å². The Morgan fingerprint density at radius 1 is 1.33 bits per heavy atom. The van der Waals surface area contributed by atoms with E-state index in [1.807, 2.05) is 29.7 Å². The summed E-state index contributed by atoms with van der Waals surface area (Å²) in [4.78, 5) is 10.7. The minimum atomic E-state index is -0.0843. The molecule has 3 rings (SSSR count). The molecule has 0 radical (unpaired) electrons. The van der Waals surface area contributed by atoms with Crippen LogP contribution in [-0.4, -0.2) is 26.5 Å². The molecule has 0 aromatic carbocycles. The van der Waals surface area contributed by atoms with E-state index < -0.39 is 0 Å². The fourth-order valence-electron chi connectivity index (χ4n) is 1.97. The molecule has 0 saturated carbocycles. The highest BCUT2D eigenvalue weighted by Gasteiger charge is 2.14. The average molecular weight is 299 g/mol. The van der Waals surface area contributed by atoms with Crippen molar-refractivity contribution in [3.05, 3.63) is 41.3 Å². The van der Waals surface area contributed by atoms with Crippen molar-refractivity contribution in [2.24, 2.45) is 21.7 Å². The second-order valence-corrected chi connectivity index (χ2v) is 5.56. The third-order valence-electron chi connectivity index (χ3n) is 2.79. The summed E-state index contributed by atoms with van der Waals surface area (Å²) in [5.41, 5.74) is 13.2. The summed E-state index contributed by atoms with van der Waals surface area (Å²) in [6, 6.07) is 3.80. The predicted molar refractivity (Wildman–Crippen MR) is 84.4 cm³/mol. The smallest absolute Gasteiger partial charge is 0.211 e. The van der Waals surface area contributed by atoms with Crippen LogP contribution in [0.15, 0.2) is 40.9 Å². The minimum absolute atomic E-state index is 0.0843. The molecule has 0 amide bonds. The van der Waals surface area contributed by atoms with Gasteiger partial charge in [0.05, 0.1) is 17.6 Å². The van der Waals surface area contributed by atoms with E-state index in [1.165, 1.54) is 0 Å². The van der Waals surface area contributed by atoms with Crippen LogP contribution in [0.4, 0.5) is 0 Å². The van der Waals surface area contributed by atoms with Crippen molar-refractivity contribution < 1.29 is 0 Å². The zero-order valence-electron chi connectivity index (χ0n) is 11.3. The van der Waals surface area contributed by atoms with E-state index in [4.69, 9.17) is 11.5 Å². The van der Waals surface area contributed by atoms with Crippen LogP contribution >= 0.6 is 11.3 Å². The number of rotatable bonds is 3. The molecule has 0 saturated heterocycles. The number of fused-ring (bicyclic) bond motifs is 1. The lowest BCUT2D eigenvalue weighted by Crippen LogP contribution is -2.21. The third kappa shape index (κ3) is 2.61. The van der Waals surface area contributed by atoms with Crippen molar-refractivity contribution in [1.82, 2.24) is 14.4 Å². The van der Waals surface area contributed by atoms with Gasteiger partial charge < -0.3 is 11.5 Å². The number of pyridine rings is 1. The molecule has 3 heterocycles. The molecule has 0 bridgehead atoms. The number of aryl methyl sites for hydroxylation is 1. The lowest BCUT2D eigenvalue weighted by Gasteiger charge is -1.98. The van der Waals surface area contributed by atoms with Gasteiger partial charge in [-0.05, 0) is 19.1 Å². The van der Waals surface area contributed by atoms with Crippen molar-refractivity contribution in [3.8, 4) is 11.3 Å². The van der Waals surface area contributed by atoms with Crippen molar-refractivity contribution >= 4 is 28.5 Å². The van der Waals surface area contributed by atoms with Gasteiger partial charge in [0.2, 0.25) is 5.96 Å². The second-order valence-electron chi connectivity index (χ2n) is 4.35. The Balaban J connectivity index is 2.17. The Morgan fingerprint density at radius 2 is 2.10 bits per heavy atom. The molecular formula is C13H13N7S. The molecule has 0 spiro atoms. The van der Waals surface area contributed by atoms with Gasteiger partial charge in [0.25, 0.3) is 0 Å². The number of aromatic nitrogens is 3. The first-order chi connectivity index (χ1) is 10.1. The number of imidazole rings is 1. The van der Waals surface area contributed by atoms with E-state index >= 15 is 0 Å². The topological polar surface area (TPSA) is 107 Å². The first-order valence-corrected chi connectivity index (χ1v) is 6.97. The molecule has 0 unspecified atom stereocenters. The Hall–Kier alpha value is -2.74. The number of nitrogens with zero attached hydrogens (tertiary/aromatic N) is 5. The van der Waals surface area contributed by atoms with Gasteiger partial charge in [0, 0.05) is 29.0 Å². The first-order valence-electron chi connectivity index (χ1n) is 6.16. The van der Waals surface area contributed by atoms with Gasteiger partial charge in [-0.25, -0.2) is 4.98 Å². The zero-order valence-corrected chi connectivity index (χ0v) is 12.1. The van der Waals surface area contributed by atoms with Crippen LogP contribution in [0.25, 0.3) is 16.2 Å². The Kier molecular flexibility index (Phi) is 3.36. The van der Waals surface area contributed by atoms with Crippen molar-refractivity contribution in [2.75, 3.05) is 0 Å². The highest BCUT2D eigenvalue weighted by Crippen LogP contribution is 2.26. The number of guanidine groups is 1. The van der Waals surface area contributed by atoms with Crippen LogP contribution in [0.5, 0.6) is 0 Å². The number of nitrogens with two attached hydrogens (primary N) is 2. The van der Waals surface area contributed by atoms with E-state index in [1.54, 1.807) is 29.9 Å². The molecule has 8 heteroatoms. The number of hydrogen-bond donors (Lipinski definition) is 2. The van der Waals surface area contributed by atoms with Gasteiger partial charge in [0.15, 0.2) is 4.96 Å². The molecule has 7 nitrogen and oxygen atoms in total. The van der Waals surface area contributed by atoms with Gasteiger partial charge in [-0.1, -0.05) is 0 Å². The Morgan fingerprint density at radius 3 is 2.81 bits per heavy atom. The highest BCUT2D eigenvalue weighted by molar-refractivity contribution is 7.17. The van der Waals surface area contributed by atoms with Crippen LogP contribution in [-0.2, 0) is 0 Å². The van der Waals surface area contributed by atoms with Crippen molar-refractivity contribution in [1.29, 1.82) is 0 Å². The predicted octanol–water partition coefficient (Wildman–Crippen LogP) is 1.37. The zero-order chi connectivity index (χ0) is 14.8. The molecule has 0 aliphatic carbocycles. The Labute approximate surface area is 124 Å². The summed E-state index contributed by atoms with van der Waals surface area (Å²) in [6.45, 7) is 2.03. The standard InChI is InChI=1S/C13H13N7S/c1-8-7-20-10(6-17-19-12(14)15)11(18-13(20)21-8)9-2-4-16-5-3-9/h2-7H,1H3,(H4,14,15,19)/b17-6+. The van der Waals surface area contributed by atoms with Crippen LogP contribution in [0.2, 0.25) is 0 Å². The fourth-order valence-corrected chi connectivity index (χ4v) is 2.80. The average Bonchev–Trinajstić information content (AvgIpc) is 2.97. The lowest BCUT2D eigenvalue weighted by molar-refractivity contribution is 1.17. The van der Waals surface area contributed by atoms with Crippen LogP contribution in [0.1, 0.15) is 10.6 Å². The maximum absolute atomic E-state index is 5.28. The molecule has 4 N–H and O–H groups in total. The monoisotopic (exact) mass is 299 g/mol. The molecular weight excluding hydrogens is 286 g/mol. The van der Waals surface area contributed by atoms with Crippen LogP contribution in [0.3, 0.4) is 0 Å². The molecule has 0 atom stereocenters. The molecule has 3 aromatic heterocycles. The van der Waals surface area contributed by atoms with Gasteiger partial charge in [-0.3, -0.25) is 9.38 Å². The van der Waals surface area contributed by atoms with Crippen LogP contribution < -0.4 is 11.5 Å². The fraction of sp³-hybridized carbons (Fsp3) is 0.0769. The van der Waals surface area contributed by atoms with Crippen molar-refractivity contribution in [3.63, 3.8) is 0 Å². The van der Waals surface area contributed by atoms with E-state index in [0.29, 0.717) is 0 Å². The molecule has 21 heavy (non-hydrogen) atoms. The summed E-state index contributed by atoms with van der Waals surface area (Å²) < 4.78 is 1.97. The van der Waals surface area contributed by atoms with Gasteiger partial charge in [0.1, 0.15) is 0 Å². The number of thiazole rings is 1. The quantitative estimate of drug-likeness (QED) is 0.432. The molecule has 0 fully saturated rings. The molecule has 106 valence electrons. The SMILES string of the molecule is Cc1cn2c(/C=N/N=C(N)N)c(-c3ccncc3)nc2s1. The summed E-state index contributed by atoms with van der Waals surface area (Å²) in [5, 5.41) is 7.54. The van der Waals surface area contributed by atoms with Gasteiger partial charge in [-0.2, -0.15) is 5.10 Å². The largest absolute Gasteiger partial charge is 0.369 e.